The summed E-state index contributed by atoms with van der Waals surface area (Å²) in [7, 11) is 0. The van der Waals surface area contributed by atoms with Crippen LogP contribution in [0.15, 0.2) is 18.2 Å². The molecule has 0 amide bonds. The van der Waals surface area contributed by atoms with Gasteiger partial charge >= 0.3 is 5.97 Å². The molecule has 0 spiro atoms. The van der Waals surface area contributed by atoms with E-state index >= 15 is 0 Å². The first kappa shape index (κ1) is 13.8. The van der Waals surface area contributed by atoms with Crippen molar-refractivity contribution in [3.63, 3.8) is 0 Å². The fraction of sp³-hybridized carbons (Fsp3) is 0.462. The van der Waals surface area contributed by atoms with Crippen molar-refractivity contribution in [2.75, 3.05) is 5.73 Å². The van der Waals surface area contributed by atoms with Crippen LogP contribution >= 0.6 is 12.4 Å². The van der Waals surface area contributed by atoms with E-state index in [-0.39, 0.29) is 24.7 Å². The molecule has 94 valence electrons. The van der Waals surface area contributed by atoms with E-state index in [0.717, 1.165) is 18.5 Å². The van der Waals surface area contributed by atoms with Gasteiger partial charge in [-0.1, -0.05) is 13.0 Å². The molecule has 0 aromatic heterocycles. The van der Waals surface area contributed by atoms with Crippen LogP contribution in [0.2, 0.25) is 0 Å². The Morgan fingerprint density at radius 3 is 2.88 bits per heavy atom. The molecular weight excluding hydrogens is 238 g/mol. The molecule has 1 aromatic rings. The van der Waals surface area contributed by atoms with Gasteiger partial charge in [-0.25, -0.2) is 0 Å². The standard InChI is InChI=1S/C13H17NO2.ClH/c1-8-10(6-13(15)16)3-2-9-4-5-11(14)7-12(8)9;/h4-5,7-8,10H,2-3,6,14H2,1H3,(H,15,16);1H. The summed E-state index contributed by atoms with van der Waals surface area (Å²) < 4.78 is 0. The molecule has 2 unspecified atom stereocenters. The van der Waals surface area contributed by atoms with Gasteiger partial charge in [0.1, 0.15) is 0 Å². The summed E-state index contributed by atoms with van der Waals surface area (Å²) in [5.74, 6) is -0.167. The van der Waals surface area contributed by atoms with Crippen molar-refractivity contribution in [3.05, 3.63) is 29.3 Å². The Hall–Kier alpha value is -1.22. The molecule has 17 heavy (non-hydrogen) atoms. The fourth-order valence-corrected chi connectivity index (χ4v) is 2.61. The van der Waals surface area contributed by atoms with Crippen molar-refractivity contribution in [1.82, 2.24) is 0 Å². The summed E-state index contributed by atoms with van der Waals surface area (Å²) in [4.78, 5) is 10.8. The Labute approximate surface area is 107 Å². The van der Waals surface area contributed by atoms with Crippen LogP contribution in [0.3, 0.4) is 0 Å². The number of carboxylic acids is 1. The normalized spacial score (nSPS) is 22.4. The van der Waals surface area contributed by atoms with E-state index in [2.05, 4.69) is 13.0 Å². The van der Waals surface area contributed by atoms with Crippen molar-refractivity contribution in [3.8, 4) is 0 Å². The Balaban J connectivity index is 0.00000144. The lowest BCUT2D eigenvalue weighted by atomic mass is 9.74. The highest BCUT2D eigenvalue weighted by molar-refractivity contribution is 5.85. The molecule has 1 aromatic carbocycles. The molecule has 2 atom stereocenters. The summed E-state index contributed by atoms with van der Waals surface area (Å²) in [5, 5.41) is 8.86. The van der Waals surface area contributed by atoms with E-state index in [9.17, 15) is 4.79 Å². The van der Waals surface area contributed by atoms with E-state index in [1.165, 1.54) is 11.1 Å². The zero-order valence-corrected chi connectivity index (χ0v) is 10.7. The lowest BCUT2D eigenvalue weighted by Gasteiger charge is -2.30. The highest BCUT2D eigenvalue weighted by Crippen LogP contribution is 2.38. The summed E-state index contributed by atoms with van der Waals surface area (Å²) in [6.07, 6.45) is 2.19. The molecule has 2 rings (SSSR count). The van der Waals surface area contributed by atoms with Crippen LogP contribution in [0.5, 0.6) is 0 Å². The Kier molecular flexibility index (Phi) is 4.40. The Bertz CT molecular complexity index is 420. The monoisotopic (exact) mass is 255 g/mol. The summed E-state index contributed by atoms with van der Waals surface area (Å²) >= 11 is 0. The van der Waals surface area contributed by atoms with Gasteiger partial charge in [-0.05, 0) is 47.9 Å². The lowest BCUT2D eigenvalue weighted by Crippen LogP contribution is -2.21. The van der Waals surface area contributed by atoms with E-state index in [4.69, 9.17) is 10.8 Å². The summed E-state index contributed by atoms with van der Waals surface area (Å²) in [6, 6.07) is 5.98. The first-order chi connectivity index (χ1) is 7.58. The first-order valence-electron chi connectivity index (χ1n) is 5.68. The average molecular weight is 256 g/mol. The summed E-state index contributed by atoms with van der Waals surface area (Å²) in [6.45, 7) is 2.10. The number of hydrogen-bond donors (Lipinski definition) is 2. The zero-order chi connectivity index (χ0) is 11.7. The Morgan fingerprint density at radius 2 is 2.24 bits per heavy atom. The number of anilines is 1. The maximum Gasteiger partial charge on any atom is 0.303 e. The molecule has 3 nitrogen and oxygen atoms in total. The number of fused-ring (bicyclic) bond motifs is 1. The SMILES string of the molecule is CC1c2cc(N)ccc2CCC1CC(=O)O.Cl. The number of aryl methyl sites for hydroxylation is 1. The van der Waals surface area contributed by atoms with E-state index in [0.29, 0.717) is 5.92 Å². The highest BCUT2D eigenvalue weighted by atomic mass is 35.5. The maximum absolute atomic E-state index is 10.8. The van der Waals surface area contributed by atoms with Crippen LogP contribution in [0.4, 0.5) is 5.69 Å². The summed E-state index contributed by atoms with van der Waals surface area (Å²) in [5.41, 5.74) is 9.10. The van der Waals surface area contributed by atoms with Gasteiger partial charge in [0.25, 0.3) is 0 Å². The van der Waals surface area contributed by atoms with Crippen LogP contribution < -0.4 is 5.73 Å². The molecule has 0 bridgehead atoms. The predicted molar refractivity (Wildman–Crippen MR) is 70.6 cm³/mol. The van der Waals surface area contributed by atoms with Gasteiger partial charge < -0.3 is 10.8 Å². The number of nitrogens with two attached hydrogens (primary N) is 1. The number of benzene rings is 1. The number of carbonyl (C=O) groups is 1. The van der Waals surface area contributed by atoms with Crippen molar-refractivity contribution in [2.45, 2.75) is 32.1 Å². The molecule has 0 heterocycles. The zero-order valence-electron chi connectivity index (χ0n) is 9.85. The average Bonchev–Trinajstić information content (AvgIpc) is 2.22. The fourth-order valence-electron chi connectivity index (χ4n) is 2.61. The predicted octanol–water partition coefficient (Wildman–Crippen LogP) is 2.83. The van der Waals surface area contributed by atoms with Crippen molar-refractivity contribution < 1.29 is 9.90 Å². The van der Waals surface area contributed by atoms with Gasteiger partial charge in [0.15, 0.2) is 0 Å². The van der Waals surface area contributed by atoms with Gasteiger partial charge in [0.05, 0.1) is 0 Å². The molecular formula is C13H18ClNO2. The van der Waals surface area contributed by atoms with E-state index in [1.54, 1.807) is 0 Å². The second-order valence-corrected chi connectivity index (χ2v) is 4.64. The maximum atomic E-state index is 10.8. The number of rotatable bonds is 2. The third kappa shape index (κ3) is 2.91. The number of halogens is 1. The second kappa shape index (κ2) is 5.41. The minimum Gasteiger partial charge on any atom is -0.481 e. The van der Waals surface area contributed by atoms with Crippen LogP contribution in [0, 0.1) is 5.92 Å². The molecule has 0 saturated heterocycles. The minimum atomic E-state index is -0.704. The Morgan fingerprint density at radius 1 is 1.53 bits per heavy atom. The molecule has 0 radical (unpaired) electrons. The van der Waals surface area contributed by atoms with Gasteiger partial charge in [0.2, 0.25) is 0 Å². The number of nitrogen functional groups attached to an aromatic ring is 1. The third-order valence-corrected chi connectivity index (χ3v) is 3.59. The molecule has 0 aliphatic heterocycles. The molecule has 3 N–H and O–H groups in total. The van der Waals surface area contributed by atoms with E-state index in [1.807, 2.05) is 12.1 Å². The molecule has 1 aliphatic rings. The smallest absolute Gasteiger partial charge is 0.303 e. The van der Waals surface area contributed by atoms with Gasteiger partial charge in [-0.3, -0.25) is 4.79 Å². The second-order valence-electron chi connectivity index (χ2n) is 4.64. The van der Waals surface area contributed by atoms with Crippen molar-refractivity contribution in [2.24, 2.45) is 5.92 Å². The largest absolute Gasteiger partial charge is 0.481 e. The number of carboxylic acid groups (broad SMARTS) is 1. The molecule has 1 aliphatic carbocycles. The third-order valence-electron chi connectivity index (χ3n) is 3.59. The molecule has 0 fully saturated rings. The van der Waals surface area contributed by atoms with Gasteiger partial charge in [-0.2, -0.15) is 0 Å². The van der Waals surface area contributed by atoms with Crippen molar-refractivity contribution >= 4 is 24.1 Å². The molecule has 4 heteroatoms. The van der Waals surface area contributed by atoms with Crippen molar-refractivity contribution in [1.29, 1.82) is 0 Å². The van der Waals surface area contributed by atoms with Crippen LogP contribution in [0.25, 0.3) is 0 Å². The van der Waals surface area contributed by atoms with E-state index < -0.39 is 5.97 Å². The lowest BCUT2D eigenvalue weighted by molar-refractivity contribution is -0.138. The molecule has 0 saturated carbocycles. The quantitative estimate of drug-likeness (QED) is 0.799. The first-order valence-corrected chi connectivity index (χ1v) is 5.68. The number of aliphatic carboxylic acids is 1. The van der Waals surface area contributed by atoms with Gasteiger partial charge in [-0.15, -0.1) is 12.4 Å². The van der Waals surface area contributed by atoms with Crippen LogP contribution in [0.1, 0.15) is 36.8 Å². The topological polar surface area (TPSA) is 63.3 Å². The van der Waals surface area contributed by atoms with Crippen LogP contribution in [-0.2, 0) is 11.2 Å². The minimum absolute atomic E-state index is 0. The van der Waals surface area contributed by atoms with Gasteiger partial charge in [0, 0.05) is 12.1 Å². The number of hydrogen-bond acceptors (Lipinski definition) is 2. The van der Waals surface area contributed by atoms with Crippen LogP contribution in [-0.4, -0.2) is 11.1 Å². The highest BCUT2D eigenvalue weighted by Gasteiger charge is 2.27.